The van der Waals surface area contributed by atoms with Crippen LogP contribution in [0.4, 0.5) is 0 Å². The van der Waals surface area contributed by atoms with Crippen LogP contribution < -0.4 is 0 Å². The van der Waals surface area contributed by atoms with Crippen molar-refractivity contribution < 1.29 is 8.42 Å². The van der Waals surface area contributed by atoms with Crippen LogP contribution in [0.15, 0.2) is 36.7 Å². The first-order valence-electron chi connectivity index (χ1n) is 9.73. The minimum Gasteiger partial charge on any atom is -0.348 e. The van der Waals surface area contributed by atoms with Gasteiger partial charge in [0.2, 0.25) is 0 Å². The van der Waals surface area contributed by atoms with Crippen LogP contribution in [-0.2, 0) is 22.8 Å². The van der Waals surface area contributed by atoms with E-state index in [1.54, 1.807) is 6.33 Å². The maximum absolute atomic E-state index is 12.4. The molecule has 0 aliphatic carbocycles. The number of H-pyrrole nitrogens is 1. The van der Waals surface area contributed by atoms with Gasteiger partial charge < -0.3 is 4.98 Å². The molecule has 3 heterocycles. The van der Waals surface area contributed by atoms with Crippen LogP contribution in [0, 0.1) is 6.92 Å². The molecule has 1 aromatic carbocycles. The Kier molecular flexibility index (Phi) is 5.34. The van der Waals surface area contributed by atoms with E-state index in [0.717, 1.165) is 50.4 Å². The number of rotatable bonds is 6. The monoisotopic (exact) mass is 388 g/mol. The zero-order valence-electron chi connectivity index (χ0n) is 15.8. The maximum atomic E-state index is 12.4. The predicted molar refractivity (Wildman–Crippen MR) is 106 cm³/mol. The van der Waals surface area contributed by atoms with Crippen LogP contribution in [-0.4, -0.2) is 71.4 Å². The molecule has 4 rings (SSSR count). The summed E-state index contributed by atoms with van der Waals surface area (Å²) >= 11 is 0. The van der Waals surface area contributed by atoms with Gasteiger partial charge in [-0.25, -0.2) is 13.4 Å². The fourth-order valence-corrected chi connectivity index (χ4v) is 6.48. The van der Waals surface area contributed by atoms with Crippen molar-refractivity contribution in [2.24, 2.45) is 0 Å². The molecule has 0 amide bonds. The third kappa shape index (κ3) is 4.25. The molecule has 146 valence electrons. The SMILES string of the molecule is Cc1[nH]cnc1CN1CCN(CCCc2ccccc2)[C@H]2CS(=O)(=O)C[C@H]21. The molecule has 0 saturated carbocycles. The van der Waals surface area contributed by atoms with E-state index in [4.69, 9.17) is 0 Å². The van der Waals surface area contributed by atoms with E-state index in [9.17, 15) is 8.42 Å². The number of nitrogens with zero attached hydrogens (tertiary/aromatic N) is 3. The summed E-state index contributed by atoms with van der Waals surface area (Å²) in [5.74, 6) is 0.565. The molecule has 1 N–H and O–H groups in total. The first kappa shape index (κ1) is 18.7. The molecule has 2 aliphatic rings. The summed E-state index contributed by atoms with van der Waals surface area (Å²) in [6.07, 6.45) is 3.82. The van der Waals surface area contributed by atoms with Crippen molar-refractivity contribution in [3.8, 4) is 0 Å². The number of piperazine rings is 1. The average Bonchev–Trinajstić information content (AvgIpc) is 3.20. The number of nitrogens with one attached hydrogen (secondary N) is 1. The van der Waals surface area contributed by atoms with Crippen LogP contribution >= 0.6 is 0 Å². The van der Waals surface area contributed by atoms with E-state index >= 15 is 0 Å². The molecule has 6 nitrogen and oxygen atoms in total. The lowest BCUT2D eigenvalue weighted by Crippen LogP contribution is -2.58. The Hall–Kier alpha value is -1.70. The zero-order valence-corrected chi connectivity index (χ0v) is 16.7. The molecule has 2 atom stereocenters. The van der Waals surface area contributed by atoms with Crippen molar-refractivity contribution >= 4 is 9.84 Å². The van der Waals surface area contributed by atoms with Gasteiger partial charge in [0.1, 0.15) is 0 Å². The molecular weight excluding hydrogens is 360 g/mol. The highest BCUT2D eigenvalue weighted by Gasteiger charge is 2.46. The van der Waals surface area contributed by atoms with Crippen molar-refractivity contribution in [2.45, 2.75) is 38.4 Å². The largest absolute Gasteiger partial charge is 0.348 e. The molecular formula is C20H28N4O2S. The van der Waals surface area contributed by atoms with Gasteiger partial charge in [-0.2, -0.15) is 0 Å². The molecule has 0 radical (unpaired) electrons. The van der Waals surface area contributed by atoms with E-state index in [0.29, 0.717) is 5.75 Å². The topological polar surface area (TPSA) is 69.3 Å². The lowest BCUT2D eigenvalue weighted by Gasteiger charge is -2.43. The summed E-state index contributed by atoms with van der Waals surface area (Å²) in [5, 5.41) is 0. The molecule has 2 fully saturated rings. The minimum atomic E-state index is -2.97. The van der Waals surface area contributed by atoms with Crippen LogP contribution in [0.5, 0.6) is 0 Å². The molecule has 1 aromatic heterocycles. The van der Waals surface area contributed by atoms with Gasteiger partial charge in [-0.05, 0) is 31.9 Å². The minimum absolute atomic E-state index is 0.0802. The lowest BCUT2D eigenvalue weighted by atomic mass is 10.0. The second kappa shape index (κ2) is 7.73. The van der Waals surface area contributed by atoms with Crippen LogP contribution in [0.3, 0.4) is 0 Å². The van der Waals surface area contributed by atoms with Crippen molar-refractivity contribution in [3.05, 3.63) is 53.6 Å². The second-order valence-corrected chi connectivity index (χ2v) is 9.94. The number of imidazole rings is 1. The average molecular weight is 389 g/mol. The van der Waals surface area contributed by atoms with Crippen LogP contribution in [0.1, 0.15) is 23.4 Å². The first-order valence-corrected chi connectivity index (χ1v) is 11.6. The molecule has 0 bridgehead atoms. The van der Waals surface area contributed by atoms with Crippen molar-refractivity contribution in [2.75, 3.05) is 31.1 Å². The number of hydrogen-bond acceptors (Lipinski definition) is 5. The standard InChI is InChI=1S/C20H28N4O2S/c1-16-18(22-15-21-16)12-24-11-10-23(19-13-27(25,26)14-20(19)24)9-5-8-17-6-3-2-4-7-17/h2-4,6-7,15,19-20H,5,8-14H2,1H3,(H,21,22)/t19-,20+/m0/s1. The molecule has 2 aromatic rings. The highest BCUT2D eigenvalue weighted by Crippen LogP contribution is 2.28. The summed E-state index contributed by atoms with van der Waals surface area (Å²) in [5.41, 5.74) is 3.44. The Morgan fingerprint density at radius 3 is 2.52 bits per heavy atom. The van der Waals surface area contributed by atoms with Crippen LogP contribution in [0.25, 0.3) is 0 Å². The summed E-state index contributed by atoms with van der Waals surface area (Å²) in [6.45, 7) is 5.53. The first-order chi connectivity index (χ1) is 13.0. The van der Waals surface area contributed by atoms with Gasteiger partial charge in [-0.3, -0.25) is 9.80 Å². The van der Waals surface area contributed by atoms with Gasteiger partial charge in [0.15, 0.2) is 9.84 Å². The quantitative estimate of drug-likeness (QED) is 0.815. The van der Waals surface area contributed by atoms with Gasteiger partial charge in [0.05, 0.1) is 23.5 Å². The highest BCUT2D eigenvalue weighted by molar-refractivity contribution is 7.91. The zero-order chi connectivity index (χ0) is 18.9. The number of fused-ring (bicyclic) bond motifs is 1. The van der Waals surface area contributed by atoms with Crippen molar-refractivity contribution in [1.82, 2.24) is 19.8 Å². The summed E-state index contributed by atoms with van der Waals surface area (Å²) in [4.78, 5) is 12.3. The number of benzene rings is 1. The van der Waals surface area contributed by atoms with Crippen LogP contribution in [0.2, 0.25) is 0 Å². The molecule has 0 spiro atoms. The van der Waals surface area contributed by atoms with E-state index < -0.39 is 9.84 Å². The third-order valence-corrected chi connectivity index (χ3v) is 7.65. The number of aromatic nitrogens is 2. The Labute approximate surface area is 161 Å². The number of sulfone groups is 1. The van der Waals surface area contributed by atoms with Crippen molar-refractivity contribution in [1.29, 1.82) is 0 Å². The molecule has 0 unspecified atom stereocenters. The molecule has 2 aliphatic heterocycles. The molecule has 27 heavy (non-hydrogen) atoms. The third-order valence-electron chi connectivity index (χ3n) is 5.95. The van der Waals surface area contributed by atoms with E-state index in [1.807, 2.05) is 13.0 Å². The Morgan fingerprint density at radius 2 is 1.81 bits per heavy atom. The van der Waals surface area contributed by atoms with Gasteiger partial charge >= 0.3 is 0 Å². The summed E-state index contributed by atoms with van der Waals surface area (Å²) in [7, 11) is -2.97. The number of aryl methyl sites for hydroxylation is 2. The van der Waals surface area contributed by atoms with E-state index in [-0.39, 0.29) is 17.8 Å². The second-order valence-electron chi connectivity index (χ2n) is 7.78. The van der Waals surface area contributed by atoms with Gasteiger partial charge in [0.25, 0.3) is 0 Å². The molecule has 2 saturated heterocycles. The van der Waals surface area contributed by atoms with E-state index in [1.165, 1.54) is 5.56 Å². The fraction of sp³-hybridized carbons (Fsp3) is 0.550. The predicted octanol–water partition coefficient (Wildman–Crippen LogP) is 1.63. The summed E-state index contributed by atoms with van der Waals surface area (Å²) in [6, 6.07) is 10.7. The number of aromatic amines is 1. The van der Waals surface area contributed by atoms with Gasteiger partial charge in [-0.15, -0.1) is 0 Å². The Morgan fingerprint density at radius 1 is 1.11 bits per heavy atom. The Bertz CT molecular complexity index is 865. The normalized spacial score (nSPS) is 25.5. The number of hydrogen-bond donors (Lipinski definition) is 1. The fourth-order valence-electron chi connectivity index (χ4n) is 4.44. The lowest BCUT2D eigenvalue weighted by molar-refractivity contribution is 0.0391. The highest BCUT2D eigenvalue weighted by atomic mass is 32.2. The van der Waals surface area contributed by atoms with E-state index in [2.05, 4.69) is 44.0 Å². The maximum Gasteiger partial charge on any atom is 0.153 e. The van der Waals surface area contributed by atoms with Gasteiger partial charge in [0, 0.05) is 37.4 Å². The molecule has 7 heteroatoms. The Balaban J connectivity index is 1.41. The smallest absolute Gasteiger partial charge is 0.153 e. The van der Waals surface area contributed by atoms with Crippen molar-refractivity contribution in [3.63, 3.8) is 0 Å². The van der Waals surface area contributed by atoms with Gasteiger partial charge in [-0.1, -0.05) is 30.3 Å². The summed E-state index contributed by atoms with van der Waals surface area (Å²) < 4.78 is 24.8.